The first-order valence-corrected chi connectivity index (χ1v) is 8.58. The van der Waals surface area contributed by atoms with Crippen molar-refractivity contribution in [3.05, 3.63) is 49.7 Å². The first-order chi connectivity index (χ1) is 11.1. The molecule has 3 rings (SSSR count). The number of nitrogens with zero attached hydrogens (tertiary/aromatic N) is 2. The molecule has 23 heavy (non-hydrogen) atoms. The van der Waals surface area contributed by atoms with Gasteiger partial charge in [-0.15, -0.1) is 11.3 Å². The normalized spacial score (nSPS) is 16.7. The van der Waals surface area contributed by atoms with Gasteiger partial charge in [0.15, 0.2) is 0 Å². The maximum Gasteiger partial charge on any atom is 0.251 e. The quantitative estimate of drug-likeness (QED) is 0.795. The van der Waals surface area contributed by atoms with Crippen molar-refractivity contribution in [2.75, 3.05) is 13.1 Å². The van der Waals surface area contributed by atoms with E-state index >= 15 is 0 Å². The summed E-state index contributed by atoms with van der Waals surface area (Å²) in [6.07, 6.45) is 3.46. The van der Waals surface area contributed by atoms with Crippen molar-refractivity contribution in [3.8, 4) is 0 Å². The van der Waals surface area contributed by atoms with Crippen molar-refractivity contribution in [2.45, 2.75) is 32.6 Å². The zero-order chi connectivity index (χ0) is 16.4. The zero-order valence-corrected chi connectivity index (χ0v) is 14.2. The van der Waals surface area contributed by atoms with Crippen LogP contribution in [-0.2, 0) is 0 Å². The van der Waals surface area contributed by atoms with Gasteiger partial charge in [0.2, 0.25) is 0 Å². The summed E-state index contributed by atoms with van der Waals surface area (Å²) in [6, 6.07) is 1.60. The Balaban J connectivity index is 2.00. The van der Waals surface area contributed by atoms with Crippen LogP contribution >= 0.6 is 11.3 Å². The van der Waals surface area contributed by atoms with E-state index in [1.807, 2.05) is 13.8 Å². The Bertz CT molecular complexity index is 767. The van der Waals surface area contributed by atoms with Crippen molar-refractivity contribution in [1.82, 2.24) is 20.3 Å². The molecule has 0 bridgehead atoms. The highest BCUT2D eigenvalue weighted by atomic mass is 32.1. The van der Waals surface area contributed by atoms with Gasteiger partial charge in [-0.25, -0.2) is 9.97 Å². The number of thiazole rings is 1. The Labute approximate surface area is 138 Å². The fourth-order valence-corrected chi connectivity index (χ4v) is 3.71. The molecule has 7 heteroatoms. The predicted molar refractivity (Wildman–Crippen MR) is 92.6 cm³/mol. The molecule has 6 nitrogen and oxygen atoms in total. The molecule has 0 saturated carbocycles. The number of nitrogens with two attached hydrogens (primary N) is 1. The van der Waals surface area contributed by atoms with Gasteiger partial charge in [-0.3, -0.25) is 4.79 Å². The molecule has 3 heterocycles. The lowest BCUT2D eigenvalue weighted by Crippen LogP contribution is -2.28. The van der Waals surface area contributed by atoms with Crippen molar-refractivity contribution >= 4 is 16.9 Å². The molecule has 1 aliphatic heterocycles. The van der Waals surface area contributed by atoms with E-state index in [0.29, 0.717) is 17.3 Å². The number of aromatic nitrogens is 3. The van der Waals surface area contributed by atoms with Crippen LogP contribution in [0.5, 0.6) is 0 Å². The number of H-pyrrole nitrogens is 1. The van der Waals surface area contributed by atoms with E-state index in [4.69, 9.17) is 5.73 Å². The van der Waals surface area contributed by atoms with Crippen molar-refractivity contribution in [1.29, 1.82) is 0 Å². The number of aryl methyl sites for hydroxylation is 2. The van der Waals surface area contributed by atoms with Crippen LogP contribution in [0, 0.1) is 13.8 Å². The number of hydrogen-bond donors (Lipinski definition) is 3. The van der Waals surface area contributed by atoms with Gasteiger partial charge in [-0.2, -0.15) is 0 Å². The van der Waals surface area contributed by atoms with E-state index in [-0.39, 0.29) is 5.56 Å². The van der Waals surface area contributed by atoms with Crippen LogP contribution in [0.15, 0.2) is 17.1 Å². The highest BCUT2D eigenvalue weighted by Gasteiger charge is 2.20. The summed E-state index contributed by atoms with van der Waals surface area (Å²) in [7, 11) is 0. The summed E-state index contributed by atoms with van der Waals surface area (Å²) in [6.45, 7) is 5.90. The summed E-state index contributed by atoms with van der Waals surface area (Å²) < 4.78 is 0. The van der Waals surface area contributed by atoms with Gasteiger partial charge >= 0.3 is 0 Å². The first kappa shape index (κ1) is 15.9. The van der Waals surface area contributed by atoms with Crippen LogP contribution in [0.3, 0.4) is 0 Å². The zero-order valence-electron chi connectivity index (χ0n) is 13.3. The van der Waals surface area contributed by atoms with Crippen LogP contribution in [0.25, 0.3) is 5.57 Å². The Kier molecular flexibility index (Phi) is 4.58. The minimum Gasteiger partial charge on any atom is -0.404 e. The molecule has 122 valence electrons. The molecule has 0 amide bonds. The molecule has 0 unspecified atom stereocenters. The highest BCUT2D eigenvalue weighted by molar-refractivity contribution is 7.12. The standard InChI is InChI=1S/C16H21N5OS/c1-9-10(2)23-16(19-9)12(8-17)15-20-13(7-14(22)21-15)11-3-5-18-6-4-11/h7-8,11,18H,3-6,17H2,1-2H3,(H,20,21,22). The van der Waals surface area contributed by atoms with Gasteiger partial charge in [0.25, 0.3) is 5.56 Å². The lowest BCUT2D eigenvalue weighted by molar-refractivity contribution is 0.452. The van der Waals surface area contributed by atoms with Gasteiger partial charge in [0.05, 0.1) is 17.0 Å². The van der Waals surface area contributed by atoms with E-state index in [1.165, 1.54) is 6.20 Å². The third-order valence-electron chi connectivity index (χ3n) is 4.20. The van der Waals surface area contributed by atoms with Crippen LogP contribution in [0.4, 0.5) is 0 Å². The van der Waals surface area contributed by atoms with Gasteiger partial charge in [-0.05, 0) is 39.8 Å². The Morgan fingerprint density at radius 1 is 1.35 bits per heavy atom. The maximum absolute atomic E-state index is 12.1. The summed E-state index contributed by atoms with van der Waals surface area (Å²) in [5, 5.41) is 4.11. The predicted octanol–water partition coefficient (Wildman–Crippen LogP) is 1.66. The van der Waals surface area contributed by atoms with Gasteiger partial charge < -0.3 is 16.0 Å². The van der Waals surface area contributed by atoms with Crippen LogP contribution in [0.2, 0.25) is 0 Å². The summed E-state index contributed by atoms with van der Waals surface area (Å²) >= 11 is 1.56. The Morgan fingerprint density at radius 2 is 2.09 bits per heavy atom. The largest absolute Gasteiger partial charge is 0.404 e. The molecule has 2 aromatic rings. The van der Waals surface area contributed by atoms with E-state index < -0.39 is 0 Å². The molecular formula is C16H21N5OS. The summed E-state index contributed by atoms with van der Waals surface area (Å²) in [5.74, 6) is 0.818. The number of piperidine rings is 1. The summed E-state index contributed by atoms with van der Waals surface area (Å²) in [4.78, 5) is 25.2. The second-order valence-electron chi connectivity index (χ2n) is 5.78. The molecule has 4 N–H and O–H groups in total. The van der Waals surface area contributed by atoms with Crippen molar-refractivity contribution < 1.29 is 0 Å². The summed E-state index contributed by atoms with van der Waals surface area (Å²) in [5.41, 5.74) is 8.16. The van der Waals surface area contributed by atoms with Crippen LogP contribution in [0.1, 0.15) is 45.9 Å². The number of rotatable bonds is 3. The van der Waals surface area contributed by atoms with Crippen molar-refractivity contribution in [2.24, 2.45) is 5.73 Å². The lowest BCUT2D eigenvalue weighted by atomic mass is 9.94. The SMILES string of the molecule is Cc1nc(C(=CN)c2nc(C3CCNCC3)cc(=O)[nH]2)sc1C. The lowest BCUT2D eigenvalue weighted by Gasteiger charge is -2.22. The average molecular weight is 331 g/mol. The topological polar surface area (TPSA) is 96.7 Å². The smallest absolute Gasteiger partial charge is 0.251 e. The molecule has 1 saturated heterocycles. The van der Waals surface area contributed by atoms with Gasteiger partial charge in [0, 0.05) is 23.1 Å². The minimum absolute atomic E-state index is 0.145. The van der Waals surface area contributed by atoms with E-state index in [9.17, 15) is 4.79 Å². The molecular weight excluding hydrogens is 310 g/mol. The van der Waals surface area contributed by atoms with E-state index in [2.05, 4.69) is 20.3 Å². The van der Waals surface area contributed by atoms with Crippen molar-refractivity contribution in [3.63, 3.8) is 0 Å². The van der Waals surface area contributed by atoms with E-state index in [1.54, 1.807) is 17.4 Å². The fraction of sp³-hybridized carbons (Fsp3) is 0.438. The monoisotopic (exact) mass is 331 g/mol. The first-order valence-electron chi connectivity index (χ1n) is 7.77. The maximum atomic E-state index is 12.1. The third-order valence-corrected chi connectivity index (χ3v) is 5.31. The minimum atomic E-state index is -0.145. The molecule has 1 aliphatic rings. The number of aromatic amines is 1. The molecule has 2 aromatic heterocycles. The molecule has 0 aromatic carbocycles. The molecule has 0 atom stereocenters. The molecule has 1 fully saturated rings. The van der Waals surface area contributed by atoms with E-state index in [0.717, 1.165) is 47.2 Å². The van der Waals surface area contributed by atoms with Gasteiger partial charge in [-0.1, -0.05) is 0 Å². The van der Waals surface area contributed by atoms with Crippen LogP contribution < -0.4 is 16.6 Å². The Morgan fingerprint density at radius 3 is 2.70 bits per heavy atom. The second-order valence-corrected chi connectivity index (χ2v) is 6.99. The molecule has 0 spiro atoms. The molecule has 0 aliphatic carbocycles. The number of hydrogen-bond acceptors (Lipinski definition) is 6. The average Bonchev–Trinajstić information content (AvgIpc) is 2.87. The fourth-order valence-electron chi connectivity index (χ4n) is 2.77. The van der Waals surface area contributed by atoms with Gasteiger partial charge in [0.1, 0.15) is 10.8 Å². The van der Waals surface area contributed by atoms with Crippen LogP contribution in [-0.4, -0.2) is 28.0 Å². The third kappa shape index (κ3) is 3.35. The molecule has 0 radical (unpaired) electrons. The Hall–Kier alpha value is -1.99. The second kappa shape index (κ2) is 6.64. The number of nitrogens with one attached hydrogen (secondary N) is 2. The highest BCUT2D eigenvalue weighted by Crippen LogP contribution is 2.28.